The van der Waals surface area contributed by atoms with Crippen molar-refractivity contribution in [3.8, 4) is 0 Å². The summed E-state index contributed by atoms with van der Waals surface area (Å²) in [6.07, 6.45) is 2.67. The number of halogens is 2. The molecule has 15 heavy (non-hydrogen) atoms. The summed E-state index contributed by atoms with van der Waals surface area (Å²) in [4.78, 5) is 5.57. The third-order valence-corrected chi connectivity index (χ3v) is 2.63. The second kappa shape index (κ2) is 4.10. The van der Waals surface area contributed by atoms with Crippen LogP contribution in [0.3, 0.4) is 0 Å². The molecule has 0 radical (unpaired) electrons. The Kier molecular flexibility index (Phi) is 2.81. The molecule has 0 atom stereocenters. The molecular formula is C10H13F2N3. The SMILES string of the molecule is NC1CCN(c2ncc(F)cc2F)CC1. The third kappa shape index (κ3) is 2.23. The van der Waals surface area contributed by atoms with Crippen LogP contribution < -0.4 is 10.6 Å². The number of nitrogens with zero attached hydrogens (tertiary/aromatic N) is 2. The number of nitrogens with two attached hydrogens (primary N) is 1. The van der Waals surface area contributed by atoms with E-state index in [0.29, 0.717) is 13.1 Å². The fourth-order valence-corrected chi connectivity index (χ4v) is 1.75. The second-order valence-corrected chi connectivity index (χ2v) is 3.78. The predicted molar refractivity (Wildman–Crippen MR) is 53.6 cm³/mol. The molecule has 0 spiro atoms. The number of hydrogen-bond acceptors (Lipinski definition) is 3. The van der Waals surface area contributed by atoms with Crippen LogP contribution in [0, 0.1) is 11.6 Å². The molecule has 1 aliphatic heterocycles. The van der Waals surface area contributed by atoms with E-state index in [4.69, 9.17) is 5.73 Å². The highest BCUT2D eigenvalue weighted by atomic mass is 19.1. The maximum Gasteiger partial charge on any atom is 0.168 e. The minimum Gasteiger partial charge on any atom is -0.354 e. The molecule has 1 aromatic rings. The quantitative estimate of drug-likeness (QED) is 0.764. The van der Waals surface area contributed by atoms with Gasteiger partial charge in [0.05, 0.1) is 6.20 Å². The smallest absolute Gasteiger partial charge is 0.168 e. The Morgan fingerprint density at radius 1 is 1.33 bits per heavy atom. The molecule has 0 aromatic carbocycles. The fourth-order valence-electron chi connectivity index (χ4n) is 1.75. The van der Waals surface area contributed by atoms with Crippen molar-refractivity contribution in [1.29, 1.82) is 0 Å². The number of anilines is 1. The van der Waals surface area contributed by atoms with Crippen molar-refractivity contribution in [3.63, 3.8) is 0 Å². The van der Waals surface area contributed by atoms with E-state index in [0.717, 1.165) is 25.1 Å². The van der Waals surface area contributed by atoms with E-state index in [-0.39, 0.29) is 11.9 Å². The monoisotopic (exact) mass is 213 g/mol. The summed E-state index contributed by atoms with van der Waals surface area (Å²) in [6, 6.07) is 1.04. The summed E-state index contributed by atoms with van der Waals surface area (Å²) >= 11 is 0. The first kappa shape index (κ1) is 10.3. The van der Waals surface area contributed by atoms with Gasteiger partial charge in [-0.1, -0.05) is 0 Å². The van der Waals surface area contributed by atoms with E-state index >= 15 is 0 Å². The lowest BCUT2D eigenvalue weighted by molar-refractivity contribution is 0.487. The Labute approximate surface area is 86.9 Å². The van der Waals surface area contributed by atoms with Crippen LogP contribution >= 0.6 is 0 Å². The molecule has 82 valence electrons. The van der Waals surface area contributed by atoms with E-state index in [2.05, 4.69) is 4.98 Å². The van der Waals surface area contributed by atoms with Gasteiger partial charge in [0.15, 0.2) is 11.6 Å². The molecule has 1 fully saturated rings. The first-order valence-corrected chi connectivity index (χ1v) is 4.98. The molecule has 0 saturated carbocycles. The number of pyridine rings is 1. The van der Waals surface area contributed by atoms with Crippen LogP contribution in [0.1, 0.15) is 12.8 Å². The van der Waals surface area contributed by atoms with E-state index in [1.165, 1.54) is 0 Å². The molecule has 1 aromatic heterocycles. The standard InChI is InChI=1S/C10H13F2N3/c11-7-5-9(12)10(14-6-7)15-3-1-8(13)2-4-15/h5-6,8H,1-4,13H2. The average molecular weight is 213 g/mol. The molecule has 0 bridgehead atoms. The van der Waals surface area contributed by atoms with Crippen LogP contribution in [-0.4, -0.2) is 24.1 Å². The highest BCUT2D eigenvalue weighted by Gasteiger charge is 2.20. The molecule has 5 heteroatoms. The first-order valence-electron chi connectivity index (χ1n) is 4.98. The van der Waals surface area contributed by atoms with Gasteiger partial charge >= 0.3 is 0 Å². The van der Waals surface area contributed by atoms with Crippen LogP contribution in [-0.2, 0) is 0 Å². The fraction of sp³-hybridized carbons (Fsp3) is 0.500. The van der Waals surface area contributed by atoms with Crippen LogP contribution in [0.15, 0.2) is 12.3 Å². The Balaban J connectivity index is 2.15. The molecule has 0 unspecified atom stereocenters. The second-order valence-electron chi connectivity index (χ2n) is 3.78. The van der Waals surface area contributed by atoms with Gasteiger partial charge in [0.1, 0.15) is 5.82 Å². The molecule has 2 heterocycles. The maximum atomic E-state index is 13.4. The summed E-state index contributed by atoms with van der Waals surface area (Å²) in [5.74, 6) is -1.03. The molecule has 1 aliphatic rings. The number of rotatable bonds is 1. The normalized spacial score (nSPS) is 18.2. The van der Waals surface area contributed by atoms with Gasteiger partial charge < -0.3 is 10.6 Å². The minimum atomic E-state index is -0.648. The van der Waals surface area contributed by atoms with Crippen molar-refractivity contribution in [3.05, 3.63) is 23.9 Å². The zero-order valence-electron chi connectivity index (χ0n) is 8.29. The molecule has 2 rings (SSSR count). The van der Waals surface area contributed by atoms with Gasteiger partial charge in [-0.25, -0.2) is 13.8 Å². The number of piperidine rings is 1. The van der Waals surface area contributed by atoms with Crippen molar-refractivity contribution in [2.24, 2.45) is 5.73 Å². The molecule has 3 nitrogen and oxygen atoms in total. The molecule has 0 aliphatic carbocycles. The molecule has 0 amide bonds. The van der Waals surface area contributed by atoms with E-state index in [1.807, 2.05) is 0 Å². The van der Waals surface area contributed by atoms with Gasteiger partial charge in [-0.2, -0.15) is 0 Å². The van der Waals surface area contributed by atoms with E-state index in [9.17, 15) is 8.78 Å². The Morgan fingerprint density at radius 3 is 2.60 bits per heavy atom. The Bertz CT molecular complexity index is 349. The number of aromatic nitrogens is 1. The summed E-state index contributed by atoms with van der Waals surface area (Å²) < 4.78 is 26.0. The summed E-state index contributed by atoms with van der Waals surface area (Å²) in [6.45, 7) is 1.35. The lowest BCUT2D eigenvalue weighted by Crippen LogP contribution is -2.40. The molecular weight excluding hydrogens is 200 g/mol. The Hall–Kier alpha value is -1.23. The first-order chi connectivity index (χ1) is 7.16. The van der Waals surface area contributed by atoms with Gasteiger partial charge in [0.2, 0.25) is 0 Å². The minimum absolute atomic E-state index is 0.185. The van der Waals surface area contributed by atoms with Crippen LogP contribution in [0.5, 0.6) is 0 Å². The average Bonchev–Trinajstić information content (AvgIpc) is 2.20. The lowest BCUT2D eigenvalue weighted by atomic mass is 10.1. The van der Waals surface area contributed by atoms with Crippen molar-refractivity contribution in [1.82, 2.24) is 4.98 Å². The van der Waals surface area contributed by atoms with E-state index < -0.39 is 11.6 Å². The molecule has 2 N–H and O–H groups in total. The third-order valence-electron chi connectivity index (χ3n) is 2.63. The van der Waals surface area contributed by atoms with Crippen LogP contribution in [0.2, 0.25) is 0 Å². The number of hydrogen-bond donors (Lipinski definition) is 1. The highest BCUT2D eigenvalue weighted by Crippen LogP contribution is 2.20. The highest BCUT2D eigenvalue weighted by molar-refractivity contribution is 5.40. The summed E-state index contributed by atoms with van der Waals surface area (Å²) in [7, 11) is 0. The Morgan fingerprint density at radius 2 is 2.00 bits per heavy atom. The van der Waals surface area contributed by atoms with Crippen LogP contribution in [0.4, 0.5) is 14.6 Å². The largest absolute Gasteiger partial charge is 0.354 e. The predicted octanol–water partition coefficient (Wildman–Crippen LogP) is 1.29. The van der Waals surface area contributed by atoms with Crippen LogP contribution in [0.25, 0.3) is 0 Å². The van der Waals surface area contributed by atoms with Crippen molar-refractivity contribution in [2.75, 3.05) is 18.0 Å². The molecule has 1 saturated heterocycles. The van der Waals surface area contributed by atoms with Gasteiger partial charge in [-0.15, -0.1) is 0 Å². The maximum absolute atomic E-state index is 13.4. The summed E-state index contributed by atoms with van der Waals surface area (Å²) in [5, 5.41) is 0. The zero-order chi connectivity index (χ0) is 10.8. The van der Waals surface area contributed by atoms with Gasteiger partial charge in [0.25, 0.3) is 0 Å². The van der Waals surface area contributed by atoms with E-state index in [1.54, 1.807) is 4.90 Å². The topological polar surface area (TPSA) is 42.1 Å². The van der Waals surface area contributed by atoms with Crippen molar-refractivity contribution >= 4 is 5.82 Å². The lowest BCUT2D eigenvalue weighted by Gasteiger charge is -2.31. The zero-order valence-corrected chi connectivity index (χ0v) is 8.29. The van der Waals surface area contributed by atoms with Gasteiger partial charge in [0, 0.05) is 25.2 Å². The summed E-state index contributed by atoms with van der Waals surface area (Å²) in [5.41, 5.74) is 5.74. The van der Waals surface area contributed by atoms with Crippen molar-refractivity contribution < 1.29 is 8.78 Å². The van der Waals surface area contributed by atoms with Crippen molar-refractivity contribution in [2.45, 2.75) is 18.9 Å². The van der Waals surface area contributed by atoms with Gasteiger partial charge in [-0.3, -0.25) is 0 Å². The van der Waals surface area contributed by atoms with Gasteiger partial charge in [-0.05, 0) is 12.8 Å².